The van der Waals surface area contributed by atoms with Gasteiger partial charge in [0.25, 0.3) is 5.91 Å². The summed E-state index contributed by atoms with van der Waals surface area (Å²) < 4.78 is 6.99. The van der Waals surface area contributed by atoms with Crippen molar-refractivity contribution in [2.45, 2.75) is 25.9 Å². The van der Waals surface area contributed by atoms with Crippen LogP contribution < -0.4 is 4.74 Å². The van der Waals surface area contributed by atoms with E-state index in [-0.39, 0.29) is 12.0 Å². The van der Waals surface area contributed by atoms with Crippen molar-refractivity contribution < 1.29 is 9.53 Å². The van der Waals surface area contributed by atoms with Gasteiger partial charge >= 0.3 is 0 Å². The minimum atomic E-state index is -0.0233. The number of benzene rings is 1. The van der Waals surface area contributed by atoms with Crippen LogP contribution in [0, 0.1) is 10.5 Å². The molecule has 1 saturated heterocycles. The number of halogens is 1. The highest BCUT2D eigenvalue weighted by atomic mass is 127. The Morgan fingerprint density at radius 3 is 3.04 bits per heavy atom. The molecule has 0 aliphatic carbocycles. The number of nitrogens with zero attached hydrogens (tertiary/aromatic N) is 3. The molecule has 0 saturated carbocycles. The van der Waals surface area contributed by atoms with Gasteiger partial charge in [-0.1, -0.05) is 6.07 Å². The Balaban J connectivity index is 1.67. The number of likely N-dealkylation sites (tertiary alicyclic amines) is 1. The number of amides is 1. The first kappa shape index (κ1) is 16.2. The zero-order valence-corrected chi connectivity index (χ0v) is 15.1. The van der Waals surface area contributed by atoms with Crippen LogP contribution >= 0.6 is 22.6 Å². The molecule has 0 radical (unpaired) electrons. The highest BCUT2D eigenvalue weighted by molar-refractivity contribution is 14.1. The molecule has 0 spiro atoms. The normalized spacial score (nSPS) is 17.8. The molecule has 3 rings (SSSR count). The van der Waals surface area contributed by atoms with Gasteiger partial charge in [0.2, 0.25) is 5.88 Å². The molecule has 5 nitrogen and oxygen atoms in total. The third-order valence-corrected chi connectivity index (χ3v) is 4.45. The number of carbonyl (C=O) groups is 1. The fourth-order valence-corrected chi connectivity index (χ4v) is 3.24. The zero-order valence-electron chi connectivity index (χ0n) is 12.9. The lowest BCUT2D eigenvalue weighted by molar-refractivity contribution is 0.0527. The molecule has 1 unspecified atom stereocenters. The van der Waals surface area contributed by atoms with Crippen LogP contribution in [0.15, 0.2) is 36.5 Å². The van der Waals surface area contributed by atoms with E-state index >= 15 is 0 Å². The van der Waals surface area contributed by atoms with Crippen molar-refractivity contribution in [1.82, 2.24) is 14.9 Å². The minimum Gasteiger partial charge on any atom is -0.472 e. The van der Waals surface area contributed by atoms with E-state index < -0.39 is 0 Å². The van der Waals surface area contributed by atoms with Gasteiger partial charge in [-0.25, -0.2) is 4.98 Å². The van der Waals surface area contributed by atoms with Crippen molar-refractivity contribution in [2.24, 2.45) is 0 Å². The van der Waals surface area contributed by atoms with Gasteiger partial charge in [0.05, 0.1) is 6.54 Å². The standard InChI is InChI=1S/C17H18IN3O2/c1-12-19-8-7-16(20-12)23-15-6-3-9-21(11-15)17(22)13-4-2-5-14(18)10-13/h2,4-5,7-8,10,15H,3,6,9,11H2,1H3. The van der Waals surface area contributed by atoms with Gasteiger partial charge in [-0.2, -0.15) is 4.98 Å². The predicted octanol–water partition coefficient (Wildman–Crippen LogP) is 3.07. The van der Waals surface area contributed by atoms with E-state index in [1.165, 1.54) is 0 Å². The molecule has 6 heteroatoms. The zero-order chi connectivity index (χ0) is 16.2. The monoisotopic (exact) mass is 423 g/mol. The highest BCUT2D eigenvalue weighted by Crippen LogP contribution is 2.19. The number of hydrogen-bond donors (Lipinski definition) is 0. The number of rotatable bonds is 3. The summed E-state index contributed by atoms with van der Waals surface area (Å²) >= 11 is 2.22. The minimum absolute atomic E-state index is 0.0233. The first-order chi connectivity index (χ1) is 11.1. The fourth-order valence-electron chi connectivity index (χ4n) is 2.69. The Morgan fingerprint density at radius 1 is 1.39 bits per heavy atom. The molecule has 1 amide bonds. The molecule has 1 aliphatic rings. The number of ether oxygens (including phenoxy) is 1. The van der Waals surface area contributed by atoms with Crippen molar-refractivity contribution in [1.29, 1.82) is 0 Å². The van der Waals surface area contributed by atoms with Gasteiger partial charge in [-0.15, -0.1) is 0 Å². The van der Waals surface area contributed by atoms with Crippen LogP contribution in [0.2, 0.25) is 0 Å². The van der Waals surface area contributed by atoms with Crippen LogP contribution in [0.4, 0.5) is 0 Å². The summed E-state index contributed by atoms with van der Waals surface area (Å²) in [6.45, 7) is 3.20. The fraction of sp³-hybridized carbons (Fsp3) is 0.353. The van der Waals surface area contributed by atoms with Crippen molar-refractivity contribution in [3.8, 4) is 5.88 Å². The van der Waals surface area contributed by atoms with E-state index in [1.807, 2.05) is 36.1 Å². The van der Waals surface area contributed by atoms with Gasteiger partial charge in [0.1, 0.15) is 11.9 Å². The Morgan fingerprint density at radius 2 is 2.26 bits per heavy atom. The molecule has 120 valence electrons. The van der Waals surface area contributed by atoms with Gasteiger partial charge < -0.3 is 9.64 Å². The van der Waals surface area contributed by atoms with Crippen molar-refractivity contribution >= 4 is 28.5 Å². The predicted molar refractivity (Wildman–Crippen MR) is 95.5 cm³/mol. The maximum Gasteiger partial charge on any atom is 0.254 e. The van der Waals surface area contributed by atoms with Crippen molar-refractivity contribution in [2.75, 3.05) is 13.1 Å². The lowest BCUT2D eigenvalue weighted by atomic mass is 10.1. The molecule has 1 aliphatic heterocycles. The molecule has 1 aromatic heterocycles. The van der Waals surface area contributed by atoms with E-state index in [1.54, 1.807) is 12.3 Å². The van der Waals surface area contributed by atoms with Crippen molar-refractivity contribution in [3.05, 3.63) is 51.5 Å². The van der Waals surface area contributed by atoms with Gasteiger partial charge in [0.15, 0.2) is 0 Å². The summed E-state index contributed by atoms with van der Waals surface area (Å²) in [7, 11) is 0. The second kappa shape index (κ2) is 7.25. The second-order valence-electron chi connectivity index (χ2n) is 5.59. The molecule has 0 N–H and O–H groups in total. The lowest BCUT2D eigenvalue weighted by Gasteiger charge is -2.32. The topological polar surface area (TPSA) is 55.3 Å². The largest absolute Gasteiger partial charge is 0.472 e. The summed E-state index contributed by atoms with van der Waals surface area (Å²) in [6.07, 6.45) is 3.53. The van der Waals surface area contributed by atoms with Gasteiger partial charge in [-0.05, 0) is 60.6 Å². The van der Waals surface area contributed by atoms with Crippen LogP contribution in [0.1, 0.15) is 29.0 Å². The van der Waals surface area contributed by atoms with E-state index in [4.69, 9.17) is 4.74 Å². The van der Waals surface area contributed by atoms with Crippen LogP contribution in [0.3, 0.4) is 0 Å². The van der Waals surface area contributed by atoms with Gasteiger partial charge in [0, 0.05) is 27.9 Å². The number of hydrogen-bond acceptors (Lipinski definition) is 4. The van der Waals surface area contributed by atoms with Crippen molar-refractivity contribution in [3.63, 3.8) is 0 Å². The molecule has 1 atom stereocenters. The Kier molecular flexibility index (Phi) is 5.09. The Bertz CT molecular complexity index is 708. The average Bonchev–Trinajstić information content (AvgIpc) is 2.54. The molecular formula is C17H18IN3O2. The molecule has 2 aromatic rings. The Hall–Kier alpha value is -1.70. The summed E-state index contributed by atoms with van der Waals surface area (Å²) in [6, 6.07) is 9.44. The molecule has 23 heavy (non-hydrogen) atoms. The second-order valence-corrected chi connectivity index (χ2v) is 6.83. The third kappa shape index (κ3) is 4.19. The van der Waals surface area contributed by atoms with Crippen LogP contribution in [0.25, 0.3) is 0 Å². The number of aryl methyl sites for hydroxylation is 1. The molecule has 1 aromatic carbocycles. The highest BCUT2D eigenvalue weighted by Gasteiger charge is 2.26. The summed E-state index contributed by atoms with van der Waals surface area (Å²) in [5, 5.41) is 0. The number of carbonyl (C=O) groups excluding carboxylic acids is 1. The van der Waals surface area contributed by atoms with Crippen LogP contribution in [-0.4, -0.2) is 40.0 Å². The quantitative estimate of drug-likeness (QED) is 0.713. The maximum absolute atomic E-state index is 12.6. The smallest absolute Gasteiger partial charge is 0.254 e. The Labute approximate surface area is 149 Å². The molecule has 2 heterocycles. The third-order valence-electron chi connectivity index (χ3n) is 3.77. The summed E-state index contributed by atoms with van der Waals surface area (Å²) in [5.74, 6) is 1.33. The van der Waals surface area contributed by atoms with Crippen LogP contribution in [0.5, 0.6) is 5.88 Å². The maximum atomic E-state index is 12.6. The molecule has 0 bridgehead atoms. The van der Waals surface area contributed by atoms with Gasteiger partial charge in [-0.3, -0.25) is 4.79 Å². The molecule has 1 fully saturated rings. The average molecular weight is 423 g/mol. The van der Waals surface area contributed by atoms with E-state index in [0.717, 1.165) is 28.5 Å². The van der Waals surface area contributed by atoms with Crippen LogP contribution in [-0.2, 0) is 0 Å². The SMILES string of the molecule is Cc1nccc(OC2CCCN(C(=O)c3cccc(I)c3)C2)n1. The number of aromatic nitrogens is 2. The number of piperidine rings is 1. The summed E-state index contributed by atoms with van der Waals surface area (Å²) in [5.41, 5.74) is 0.732. The van der Waals surface area contributed by atoms with E-state index in [9.17, 15) is 4.79 Å². The van der Waals surface area contributed by atoms with E-state index in [0.29, 0.717) is 18.2 Å². The van der Waals surface area contributed by atoms with E-state index in [2.05, 4.69) is 32.6 Å². The summed E-state index contributed by atoms with van der Waals surface area (Å²) in [4.78, 5) is 22.9. The lowest BCUT2D eigenvalue weighted by Crippen LogP contribution is -2.44. The molecular weight excluding hydrogens is 405 g/mol. The first-order valence-corrected chi connectivity index (χ1v) is 8.71. The first-order valence-electron chi connectivity index (χ1n) is 7.63.